The standard InChI is InChI=1S/C22H15F2N3O3S/c23-12-2-3-13(15(24)8-12)16-5-4-14-19(25)20(31-22(14)27-16)21(28)26-9-11-1-6-17-18(7-11)30-10-29-17/h1-8H,9-10,25H2,(H,26,28). The number of nitrogens with two attached hydrogens (primary N) is 1. The first-order valence-electron chi connectivity index (χ1n) is 9.31. The van der Waals surface area contributed by atoms with Crippen LogP contribution in [0.1, 0.15) is 15.2 Å². The Bertz CT molecular complexity index is 1340. The Morgan fingerprint density at radius 3 is 2.77 bits per heavy atom. The van der Waals surface area contributed by atoms with Crippen LogP contribution in [0.3, 0.4) is 0 Å². The van der Waals surface area contributed by atoms with Crippen LogP contribution in [-0.4, -0.2) is 17.7 Å². The van der Waals surface area contributed by atoms with E-state index in [1.807, 2.05) is 12.1 Å². The number of carbonyl (C=O) groups excluding carboxylic acids is 1. The topological polar surface area (TPSA) is 86.5 Å². The van der Waals surface area contributed by atoms with Gasteiger partial charge < -0.3 is 20.5 Å². The van der Waals surface area contributed by atoms with Crippen molar-refractivity contribution in [1.29, 1.82) is 0 Å². The number of anilines is 1. The monoisotopic (exact) mass is 439 g/mol. The summed E-state index contributed by atoms with van der Waals surface area (Å²) in [5.41, 5.74) is 7.83. The fraction of sp³-hybridized carbons (Fsp3) is 0.0909. The molecule has 2 aromatic heterocycles. The number of halogens is 2. The summed E-state index contributed by atoms with van der Waals surface area (Å²) in [6, 6.07) is 12.0. The highest BCUT2D eigenvalue weighted by molar-refractivity contribution is 7.21. The van der Waals surface area contributed by atoms with E-state index in [1.165, 1.54) is 12.1 Å². The van der Waals surface area contributed by atoms with Gasteiger partial charge in [0.15, 0.2) is 11.5 Å². The molecule has 0 unspecified atom stereocenters. The normalized spacial score (nSPS) is 12.3. The summed E-state index contributed by atoms with van der Waals surface area (Å²) in [6.07, 6.45) is 0. The first-order valence-corrected chi connectivity index (χ1v) is 10.1. The Labute approximate surface area is 179 Å². The van der Waals surface area contributed by atoms with Crippen molar-refractivity contribution in [3.05, 3.63) is 70.6 Å². The second kappa shape index (κ2) is 7.51. The van der Waals surface area contributed by atoms with Crippen LogP contribution in [0.4, 0.5) is 14.5 Å². The van der Waals surface area contributed by atoms with E-state index >= 15 is 0 Å². The van der Waals surface area contributed by atoms with E-state index in [0.717, 1.165) is 23.0 Å². The van der Waals surface area contributed by atoms with Gasteiger partial charge in [-0.2, -0.15) is 0 Å². The predicted octanol–water partition coefficient (Wildman–Crippen LogP) is 4.48. The van der Waals surface area contributed by atoms with Crippen LogP contribution in [0.25, 0.3) is 21.5 Å². The SMILES string of the molecule is Nc1c(C(=O)NCc2ccc3c(c2)OCO3)sc2nc(-c3ccc(F)cc3F)ccc12. The molecule has 0 spiro atoms. The van der Waals surface area contributed by atoms with Gasteiger partial charge in [0, 0.05) is 23.6 Å². The molecule has 3 heterocycles. The van der Waals surface area contributed by atoms with Crippen molar-refractivity contribution in [2.75, 3.05) is 12.5 Å². The second-order valence-corrected chi connectivity index (χ2v) is 7.89. The molecule has 1 aliphatic rings. The fourth-order valence-corrected chi connectivity index (χ4v) is 4.34. The number of pyridine rings is 1. The quantitative estimate of drug-likeness (QED) is 0.490. The van der Waals surface area contributed by atoms with Gasteiger partial charge in [-0.3, -0.25) is 4.79 Å². The van der Waals surface area contributed by atoms with Gasteiger partial charge in [-0.05, 0) is 42.0 Å². The summed E-state index contributed by atoms with van der Waals surface area (Å²) in [7, 11) is 0. The average Bonchev–Trinajstić information content (AvgIpc) is 3.35. The average molecular weight is 439 g/mol. The number of hydrogen-bond donors (Lipinski definition) is 2. The third-order valence-electron chi connectivity index (χ3n) is 4.90. The zero-order valence-electron chi connectivity index (χ0n) is 15.9. The number of ether oxygens (including phenoxy) is 2. The van der Waals surface area contributed by atoms with Crippen LogP contribution in [0.2, 0.25) is 0 Å². The fourth-order valence-electron chi connectivity index (χ4n) is 3.33. The van der Waals surface area contributed by atoms with E-state index in [4.69, 9.17) is 15.2 Å². The molecule has 156 valence electrons. The zero-order chi connectivity index (χ0) is 21.5. The number of aromatic nitrogens is 1. The summed E-state index contributed by atoms with van der Waals surface area (Å²) < 4.78 is 37.9. The number of amides is 1. The number of nitrogens with one attached hydrogen (secondary N) is 1. The molecule has 1 amide bonds. The van der Waals surface area contributed by atoms with Crippen molar-refractivity contribution in [3.63, 3.8) is 0 Å². The molecule has 0 atom stereocenters. The molecular formula is C22H15F2N3O3S. The van der Waals surface area contributed by atoms with Gasteiger partial charge in [0.25, 0.3) is 5.91 Å². The third kappa shape index (κ3) is 3.53. The summed E-state index contributed by atoms with van der Waals surface area (Å²) >= 11 is 1.12. The maximum atomic E-state index is 14.1. The first kappa shape index (κ1) is 19.3. The highest BCUT2D eigenvalue weighted by Gasteiger charge is 2.19. The maximum Gasteiger partial charge on any atom is 0.263 e. The first-order chi connectivity index (χ1) is 15.0. The van der Waals surface area contributed by atoms with Gasteiger partial charge in [0.2, 0.25) is 6.79 Å². The lowest BCUT2D eigenvalue weighted by Gasteiger charge is -2.05. The van der Waals surface area contributed by atoms with E-state index in [9.17, 15) is 13.6 Å². The van der Waals surface area contributed by atoms with Gasteiger partial charge in [-0.1, -0.05) is 6.07 Å². The molecule has 9 heteroatoms. The number of fused-ring (bicyclic) bond motifs is 2. The number of nitrogens with zero attached hydrogens (tertiary/aromatic N) is 1. The molecule has 0 radical (unpaired) electrons. The minimum atomic E-state index is -0.710. The van der Waals surface area contributed by atoms with E-state index in [-0.39, 0.29) is 24.8 Å². The molecule has 0 saturated carbocycles. The molecule has 0 fully saturated rings. The predicted molar refractivity (Wildman–Crippen MR) is 113 cm³/mol. The Hall–Kier alpha value is -3.72. The number of nitrogen functional groups attached to an aromatic ring is 1. The molecule has 3 N–H and O–H groups in total. The van der Waals surface area contributed by atoms with Gasteiger partial charge in [0.1, 0.15) is 21.3 Å². The van der Waals surface area contributed by atoms with Crippen molar-refractivity contribution in [2.45, 2.75) is 6.54 Å². The molecule has 0 saturated heterocycles. The highest BCUT2D eigenvalue weighted by Crippen LogP contribution is 2.35. The molecule has 5 rings (SSSR count). The Morgan fingerprint density at radius 1 is 1.10 bits per heavy atom. The number of benzene rings is 2. The van der Waals surface area contributed by atoms with E-state index < -0.39 is 11.6 Å². The van der Waals surface area contributed by atoms with Gasteiger partial charge in [-0.25, -0.2) is 13.8 Å². The molecule has 1 aliphatic heterocycles. The molecular weight excluding hydrogens is 424 g/mol. The summed E-state index contributed by atoms with van der Waals surface area (Å²) in [5, 5.41) is 3.44. The van der Waals surface area contributed by atoms with Gasteiger partial charge in [0.05, 0.1) is 11.4 Å². The lowest BCUT2D eigenvalue weighted by Crippen LogP contribution is -2.22. The third-order valence-corrected chi connectivity index (χ3v) is 6.01. The van der Waals surface area contributed by atoms with E-state index in [1.54, 1.807) is 18.2 Å². The maximum absolute atomic E-state index is 14.1. The van der Waals surface area contributed by atoms with Crippen LogP contribution < -0.4 is 20.5 Å². The van der Waals surface area contributed by atoms with Crippen molar-refractivity contribution in [1.82, 2.24) is 10.3 Å². The smallest absolute Gasteiger partial charge is 0.263 e. The van der Waals surface area contributed by atoms with Crippen molar-refractivity contribution in [2.24, 2.45) is 0 Å². The van der Waals surface area contributed by atoms with Crippen molar-refractivity contribution >= 4 is 33.1 Å². The van der Waals surface area contributed by atoms with Crippen LogP contribution in [0, 0.1) is 11.6 Å². The number of carbonyl (C=O) groups is 1. The molecule has 0 bridgehead atoms. The van der Waals surface area contributed by atoms with Crippen LogP contribution >= 0.6 is 11.3 Å². The molecule has 2 aromatic carbocycles. The molecule has 4 aromatic rings. The van der Waals surface area contributed by atoms with Crippen molar-refractivity contribution in [3.8, 4) is 22.8 Å². The lowest BCUT2D eigenvalue weighted by molar-refractivity contribution is 0.0955. The van der Waals surface area contributed by atoms with E-state index in [0.29, 0.717) is 38.0 Å². The number of rotatable bonds is 4. The lowest BCUT2D eigenvalue weighted by atomic mass is 10.1. The minimum Gasteiger partial charge on any atom is -0.454 e. The van der Waals surface area contributed by atoms with Gasteiger partial charge >= 0.3 is 0 Å². The highest BCUT2D eigenvalue weighted by atomic mass is 32.1. The van der Waals surface area contributed by atoms with Crippen molar-refractivity contribution < 1.29 is 23.0 Å². The molecule has 0 aliphatic carbocycles. The van der Waals surface area contributed by atoms with E-state index in [2.05, 4.69) is 10.3 Å². The number of thiophene rings is 1. The summed E-state index contributed by atoms with van der Waals surface area (Å²) in [5.74, 6) is -0.406. The Morgan fingerprint density at radius 2 is 1.94 bits per heavy atom. The second-order valence-electron chi connectivity index (χ2n) is 6.89. The van der Waals surface area contributed by atoms with Crippen LogP contribution in [-0.2, 0) is 6.54 Å². The Kier molecular flexibility index (Phi) is 4.67. The van der Waals surface area contributed by atoms with Gasteiger partial charge in [-0.15, -0.1) is 11.3 Å². The summed E-state index contributed by atoms with van der Waals surface area (Å²) in [6.45, 7) is 0.461. The number of hydrogen-bond acceptors (Lipinski definition) is 6. The Balaban J connectivity index is 1.39. The summed E-state index contributed by atoms with van der Waals surface area (Å²) in [4.78, 5) is 18.0. The largest absolute Gasteiger partial charge is 0.454 e. The molecule has 31 heavy (non-hydrogen) atoms. The van der Waals surface area contributed by atoms with Crippen LogP contribution in [0.15, 0.2) is 48.5 Å². The zero-order valence-corrected chi connectivity index (χ0v) is 16.8. The minimum absolute atomic E-state index is 0.170. The molecule has 6 nitrogen and oxygen atoms in total. The van der Waals surface area contributed by atoms with Crippen LogP contribution in [0.5, 0.6) is 11.5 Å².